The number of amides is 1. The van der Waals surface area contributed by atoms with E-state index in [1.54, 1.807) is 14.2 Å². The van der Waals surface area contributed by atoms with Crippen LogP contribution in [0.15, 0.2) is 48.5 Å². The van der Waals surface area contributed by atoms with Gasteiger partial charge < -0.3 is 20.5 Å². The molecule has 1 amide bonds. The minimum Gasteiger partial charge on any atom is -0.497 e. The fourth-order valence-corrected chi connectivity index (χ4v) is 2.30. The predicted molar refractivity (Wildman–Crippen MR) is 89.4 cm³/mol. The molecule has 5 nitrogen and oxygen atoms in total. The Morgan fingerprint density at radius 2 is 1.87 bits per heavy atom. The molecule has 1 atom stereocenters. The van der Waals surface area contributed by atoms with Crippen molar-refractivity contribution in [3.8, 4) is 11.5 Å². The van der Waals surface area contributed by atoms with Gasteiger partial charge in [0.2, 0.25) is 5.91 Å². The van der Waals surface area contributed by atoms with Gasteiger partial charge in [0.1, 0.15) is 11.5 Å². The molecule has 5 heteroatoms. The monoisotopic (exact) mass is 314 g/mol. The first-order chi connectivity index (χ1) is 11.1. The molecule has 2 aromatic carbocycles. The molecule has 2 rings (SSSR count). The highest BCUT2D eigenvalue weighted by molar-refractivity contribution is 5.76. The van der Waals surface area contributed by atoms with Crippen LogP contribution in [-0.2, 0) is 11.3 Å². The Morgan fingerprint density at radius 1 is 1.13 bits per heavy atom. The second-order valence-corrected chi connectivity index (χ2v) is 5.18. The van der Waals surface area contributed by atoms with Gasteiger partial charge in [-0.25, -0.2) is 0 Å². The standard InChI is InChI=1S/C18H22N2O3/c1-22-15-8-9-17(23-2)14(10-15)12-20-18(21)11-16(19)13-6-4-3-5-7-13/h3-10,16H,11-12,19H2,1-2H3,(H,20,21). The average molecular weight is 314 g/mol. The summed E-state index contributed by atoms with van der Waals surface area (Å²) in [7, 11) is 3.20. The van der Waals surface area contributed by atoms with Crippen molar-refractivity contribution in [1.29, 1.82) is 0 Å². The number of ether oxygens (including phenoxy) is 2. The van der Waals surface area contributed by atoms with Gasteiger partial charge in [-0.05, 0) is 23.8 Å². The largest absolute Gasteiger partial charge is 0.497 e. The molecule has 2 aromatic rings. The Balaban J connectivity index is 1.94. The fraction of sp³-hybridized carbons (Fsp3) is 0.278. The van der Waals surface area contributed by atoms with E-state index in [-0.39, 0.29) is 18.4 Å². The summed E-state index contributed by atoms with van der Waals surface area (Å²) in [4.78, 5) is 12.1. The topological polar surface area (TPSA) is 73.6 Å². The average Bonchev–Trinajstić information content (AvgIpc) is 2.60. The predicted octanol–water partition coefficient (Wildman–Crippen LogP) is 2.41. The minimum atomic E-state index is -0.316. The maximum atomic E-state index is 12.1. The van der Waals surface area contributed by atoms with Gasteiger partial charge in [-0.2, -0.15) is 0 Å². The van der Waals surface area contributed by atoms with Crippen LogP contribution in [0.1, 0.15) is 23.6 Å². The van der Waals surface area contributed by atoms with E-state index in [1.807, 2.05) is 48.5 Å². The van der Waals surface area contributed by atoms with E-state index in [0.717, 1.165) is 16.9 Å². The van der Waals surface area contributed by atoms with Crippen LogP contribution in [0.2, 0.25) is 0 Å². The van der Waals surface area contributed by atoms with Gasteiger partial charge in [-0.1, -0.05) is 30.3 Å². The summed E-state index contributed by atoms with van der Waals surface area (Å²) < 4.78 is 10.5. The third-order valence-electron chi connectivity index (χ3n) is 3.60. The van der Waals surface area contributed by atoms with Crippen molar-refractivity contribution in [3.63, 3.8) is 0 Å². The maximum absolute atomic E-state index is 12.1. The first-order valence-electron chi connectivity index (χ1n) is 7.42. The lowest BCUT2D eigenvalue weighted by atomic mass is 10.0. The van der Waals surface area contributed by atoms with E-state index in [4.69, 9.17) is 15.2 Å². The third-order valence-corrected chi connectivity index (χ3v) is 3.60. The molecule has 0 aliphatic carbocycles. The van der Waals surface area contributed by atoms with Crippen LogP contribution in [-0.4, -0.2) is 20.1 Å². The second-order valence-electron chi connectivity index (χ2n) is 5.18. The zero-order chi connectivity index (χ0) is 16.7. The smallest absolute Gasteiger partial charge is 0.222 e. The molecular weight excluding hydrogens is 292 g/mol. The summed E-state index contributed by atoms with van der Waals surface area (Å²) >= 11 is 0. The van der Waals surface area contributed by atoms with Crippen LogP contribution in [0.4, 0.5) is 0 Å². The van der Waals surface area contributed by atoms with Crippen molar-refractivity contribution >= 4 is 5.91 Å². The second kappa shape index (κ2) is 8.19. The lowest BCUT2D eigenvalue weighted by Gasteiger charge is -2.14. The summed E-state index contributed by atoms with van der Waals surface area (Å²) in [6.07, 6.45) is 0.232. The van der Waals surface area contributed by atoms with Crippen molar-refractivity contribution < 1.29 is 14.3 Å². The van der Waals surface area contributed by atoms with Crippen molar-refractivity contribution in [2.45, 2.75) is 19.0 Å². The highest BCUT2D eigenvalue weighted by atomic mass is 16.5. The molecule has 0 saturated heterocycles. The molecule has 0 heterocycles. The maximum Gasteiger partial charge on any atom is 0.222 e. The molecule has 0 fully saturated rings. The Morgan fingerprint density at radius 3 is 2.52 bits per heavy atom. The Labute approximate surface area is 136 Å². The molecule has 3 N–H and O–H groups in total. The lowest BCUT2D eigenvalue weighted by molar-refractivity contribution is -0.121. The van der Waals surface area contributed by atoms with Crippen molar-refractivity contribution in [1.82, 2.24) is 5.32 Å². The number of nitrogens with one attached hydrogen (secondary N) is 1. The van der Waals surface area contributed by atoms with E-state index in [0.29, 0.717) is 12.3 Å². The van der Waals surface area contributed by atoms with Crippen molar-refractivity contribution in [3.05, 3.63) is 59.7 Å². The number of rotatable bonds is 7. The van der Waals surface area contributed by atoms with Crippen LogP contribution in [0.25, 0.3) is 0 Å². The molecule has 0 aromatic heterocycles. The molecule has 122 valence electrons. The number of nitrogens with two attached hydrogens (primary N) is 1. The number of carbonyl (C=O) groups is 1. The molecule has 0 bridgehead atoms. The number of benzene rings is 2. The van der Waals surface area contributed by atoms with E-state index in [9.17, 15) is 4.79 Å². The highest BCUT2D eigenvalue weighted by Gasteiger charge is 2.12. The van der Waals surface area contributed by atoms with Gasteiger partial charge in [0.15, 0.2) is 0 Å². The van der Waals surface area contributed by atoms with Crippen molar-refractivity contribution in [2.75, 3.05) is 14.2 Å². The van der Waals surface area contributed by atoms with E-state index in [1.165, 1.54) is 0 Å². The number of carbonyl (C=O) groups excluding carboxylic acids is 1. The molecule has 0 aliphatic heterocycles. The molecule has 0 aliphatic rings. The molecule has 0 spiro atoms. The molecule has 1 unspecified atom stereocenters. The molecule has 0 saturated carbocycles. The van der Waals surface area contributed by atoms with E-state index < -0.39 is 0 Å². The fourth-order valence-electron chi connectivity index (χ4n) is 2.30. The van der Waals surface area contributed by atoms with E-state index in [2.05, 4.69) is 5.32 Å². The van der Waals surface area contributed by atoms with Crippen molar-refractivity contribution in [2.24, 2.45) is 5.73 Å². The van der Waals surface area contributed by atoms with Gasteiger partial charge >= 0.3 is 0 Å². The van der Waals surface area contributed by atoms with E-state index >= 15 is 0 Å². The summed E-state index contributed by atoms with van der Waals surface area (Å²) in [6.45, 7) is 0.362. The zero-order valence-electron chi connectivity index (χ0n) is 13.4. The molecular formula is C18H22N2O3. The van der Waals surface area contributed by atoms with Crippen LogP contribution in [0, 0.1) is 0 Å². The minimum absolute atomic E-state index is 0.105. The number of hydrogen-bond donors (Lipinski definition) is 2. The summed E-state index contributed by atoms with van der Waals surface area (Å²) in [5, 5.41) is 2.87. The molecule has 0 radical (unpaired) electrons. The van der Waals surface area contributed by atoms with Gasteiger partial charge in [-0.3, -0.25) is 4.79 Å². The Hall–Kier alpha value is -2.53. The summed E-state index contributed by atoms with van der Waals surface area (Å²) in [5.74, 6) is 1.32. The van der Waals surface area contributed by atoms with Crippen LogP contribution >= 0.6 is 0 Å². The van der Waals surface area contributed by atoms with Crippen LogP contribution in [0.5, 0.6) is 11.5 Å². The first-order valence-corrected chi connectivity index (χ1v) is 7.42. The first kappa shape index (κ1) is 16.8. The third kappa shape index (κ3) is 4.72. The quantitative estimate of drug-likeness (QED) is 0.823. The van der Waals surface area contributed by atoms with Gasteiger partial charge in [0.05, 0.1) is 14.2 Å². The zero-order valence-corrected chi connectivity index (χ0v) is 13.4. The SMILES string of the molecule is COc1ccc(OC)c(CNC(=O)CC(N)c2ccccc2)c1. The van der Waals surface area contributed by atoms with Gasteiger partial charge in [-0.15, -0.1) is 0 Å². The Bertz CT molecular complexity index is 644. The highest BCUT2D eigenvalue weighted by Crippen LogP contribution is 2.23. The summed E-state index contributed by atoms with van der Waals surface area (Å²) in [6, 6.07) is 14.7. The normalized spacial score (nSPS) is 11.6. The number of methoxy groups -OCH3 is 2. The lowest BCUT2D eigenvalue weighted by Crippen LogP contribution is -2.27. The van der Waals surface area contributed by atoms with Gasteiger partial charge in [0, 0.05) is 24.6 Å². The van der Waals surface area contributed by atoms with Crippen LogP contribution in [0.3, 0.4) is 0 Å². The van der Waals surface area contributed by atoms with Crippen LogP contribution < -0.4 is 20.5 Å². The Kier molecular flexibility index (Phi) is 6.00. The van der Waals surface area contributed by atoms with Gasteiger partial charge in [0.25, 0.3) is 0 Å². The summed E-state index contributed by atoms with van der Waals surface area (Å²) in [5.41, 5.74) is 7.86. The number of hydrogen-bond acceptors (Lipinski definition) is 4. The molecule has 23 heavy (non-hydrogen) atoms.